The Kier molecular flexibility index (Phi) is 5.86. The minimum absolute atomic E-state index is 0.116. The van der Waals surface area contributed by atoms with Crippen molar-refractivity contribution in [2.75, 3.05) is 11.9 Å². The van der Waals surface area contributed by atoms with Crippen LogP contribution in [-0.4, -0.2) is 46.9 Å². The molecule has 1 saturated heterocycles. The molecule has 1 aliphatic heterocycles. The number of nitrogens with one attached hydrogen (secondary N) is 2. The molecule has 1 fully saturated rings. The molecule has 0 spiro atoms. The third-order valence-corrected chi connectivity index (χ3v) is 3.99. The third kappa shape index (κ3) is 4.72. The second-order valence-electron chi connectivity index (χ2n) is 6.39. The molecule has 0 aromatic heterocycles. The maximum absolute atomic E-state index is 12.0. The van der Waals surface area contributed by atoms with Crippen molar-refractivity contribution in [2.45, 2.75) is 38.8 Å². The molecule has 1 heterocycles. The van der Waals surface area contributed by atoms with E-state index in [0.29, 0.717) is 10.7 Å². The van der Waals surface area contributed by atoms with Crippen LogP contribution < -0.4 is 10.6 Å². The molecule has 4 amide bonds. The highest BCUT2D eigenvalue weighted by atomic mass is 35.5. The number of halogens is 1. The number of carbonyl (C=O) groups is 4. The van der Waals surface area contributed by atoms with E-state index in [1.165, 1.54) is 6.92 Å². The quantitative estimate of drug-likeness (QED) is 0.578. The van der Waals surface area contributed by atoms with E-state index in [0.717, 1.165) is 4.90 Å². The van der Waals surface area contributed by atoms with Crippen molar-refractivity contribution in [3.05, 3.63) is 29.3 Å². The summed E-state index contributed by atoms with van der Waals surface area (Å²) in [5.41, 5.74) is -0.516. The molecule has 2 N–H and O–H groups in total. The fourth-order valence-corrected chi connectivity index (χ4v) is 2.53. The van der Waals surface area contributed by atoms with Gasteiger partial charge < -0.3 is 15.4 Å². The van der Waals surface area contributed by atoms with Gasteiger partial charge in [-0.05, 0) is 39.0 Å². The minimum Gasteiger partial charge on any atom is -0.452 e. The highest BCUT2D eigenvalue weighted by Gasteiger charge is 2.44. The van der Waals surface area contributed by atoms with Crippen LogP contribution in [0.1, 0.15) is 27.2 Å². The Morgan fingerprint density at radius 2 is 2.04 bits per heavy atom. The summed E-state index contributed by atoms with van der Waals surface area (Å²) in [6, 6.07) is 6.00. The van der Waals surface area contributed by atoms with Gasteiger partial charge in [0.15, 0.2) is 6.10 Å². The third-order valence-electron chi connectivity index (χ3n) is 3.75. The second kappa shape index (κ2) is 7.74. The zero-order chi connectivity index (χ0) is 19.5. The summed E-state index contributed by atoms with van der Waals surface area (Å²) in [5, 5.41) is 5.56. The molecule has 0 aliphatic carbocycles. The van der Waals surface area contributed by atoms with E-state index in [-0.39, 0.29) is 13.0 Å². The first-order chi connectivity index (χ1) is 12.1. The molecule has 140 valence electrons. The van der Waals surface area contributed by atoms with E-state index in [9.17, 15) is 19.2 Å². The van der Waals surface area contributed by atoms with Crippen LogP contribution in [-0.2, 0) is 19.1 Å². The fraction of sp³-hybridized carbons (Fsp3) is 0.412. The smallest absolute Gasteiger partial charge is 0.325 e. The number of amides is 4. The monoisotopic (exact) mass is 381 g/mol. The summed E-state index contributed by atoms with van der Waals surface area (Å²) in [6.45, 7) is 4.46. The average Bonchev–Trinajstić information content (AvgIpc) is 2.73. The predicted molar refractivity (Wildman–Crippen MR) is 94.6 cm³/mol. The lowest BCUT2D eigenvalue weighted by atomic mass is 10.1. The Morgan fingerprint density at radius 3 is 2.62 bits per heavy atom. The molecule has 0 radical (unpaired) electrons. The van der Waals surface area contributed by atoms with Crippen LogP contribution in [0.2, 0.25) is 5.02 Å². The van der Waals surface area contributed by atoms with Crippen molar-refractivity contribution in [3.63, 3.8) is 0 Å². The standard InChI is InChI=1S/C17H20ClN3O5/c1-10(14(23)19-12-6-4-5-11(18)9-12)26-13(22)7-8-21-15(24)17(2,3)20-16(21)25/h4-6,9-10H,7-8H2,1-3H3,(H,19,23)(H,20,25)/t10-/m0/s1. The molecule has 0 saturated carbocycles. The van der Waals surface area contributed by atoms with E-state index in [1.54, 1.807) is 38.1 Å². The number of urea groups is 1. The summed E-state index contributed by atoms with van der Waals surface area (Å²) in [4.78, 5) is 48.7. The Balaban J connectivity index is 1.82. The van der Waals surface area contributed by atoms with E-state index < -0.39 is 35.5 Å². The number of imide groups is 1. The van der Waals surface area contributed by atoms with Gasteiger partial charge in [-0.15, -0.1) is 0 Å². The Morgan fingerprint density at radius 1 is 1.35 bits per heavy atom. The summed E-state index contributed by atoms with van der Waals surface area (Å²) in [7, 11) is 0. The van der Waals surface area contributed by atoms with Crippen molar-refractivity contribution < 1.29 is 23.9 Å². The first kappa shape index (κ1) is 19.7. The molecule has 1 aromatic carbocycles. The summed E-state index contributed by atoms with van der Waals surface area (Å²) < 4.78 is 5.04. The second-order valence-corrected chi connectivity index (χ2v) is 6.83. The molecule has 26 heavy (non-hydrogen) atoms. The molecule has 8 nitrogen and oxygen atoms in total. The van der Waals surface area contributed by atoms with Gasteiger partial charge in [-0.2, -0.15) is 0 Å². The summed E-state index contributed by atoms with van der Waals surface area (Å²) in [5.74, 6) is -1.62. The topological polar surface area (TPSA) is 105 Å². The first-order valence-corrected chi connectivity index (χ1v) is 8.38. The van der Waals surface area contributed by atoms with Crippen LogP contribution in [0.25, 0.3) is 0 Å². The van der Waals surface area contributed by atoms with Crippen molar-refractivity contribution >= 4 is 41.1 Å². The van der Waals surface area contributed by atoms with Crippen molar-refractivity contribution in [1.29, 1.82) is 0 Å². The van der Waals surface area contributed by atoms with Crippen LogP contribution in [0.5, 0.6) is 0 Å². The Labute approximate surface area is 155 Å². The minimum atomic E-state index is -1.04. The fourth-order valence-electron chi connectivity index (χ4n) is 2.34. The number of esters is 1. The SMILES string of the molecule is C[C@H](OC(=O)CCN1C(=O)NC(C)(C)C1=O)C(=O)Nc1cccc(Cl)c1. The lowest BCUT2D eigenvalue weighted by Gasteiger charge is -2.17. The molecule has 9 heteroatoms. The van der Waals surface area contributed by atoms with Gasteiger partial charge in [0.25, 0.3) is 11.8 Å². The van der Waals surface area contributed by atoms with Gasteiger partial charge in [0.1, 0.15) is 5.54 Å². The number of anilines is 1. The van der Waals surface area contributed by atoms with E-state index in [2.05, 4.69) is 10.6 Å². The van der Waals surface area contributed by atoms with Crippen LogP contribution in [0.15, 0.2) is 24.3 Å². The lowest BCUT2D eigenvalue weighted by Crippen LogP contribution is -2.40. The first-order valence-electron chi connectivity index (χ1n) is 8.00. The van der Waals surface area contributed by atoms with Gasteiger partial charge in [0.2, 0.25) is 0 Å². The van der Waals surface area contributed by atoms with Crippen LogP contribution in [0.3, 0.4) is 0 Å². The lowest BCUT2D eigenvalue weighted by molar-refractivity contribution is -0.153. The molecule has 0 unspecified atom stereocenters. The Hall–Kier alpha value is -2.61. The van der Waals surface area contributed by atoms with Crippen LogP contribution >= 0.6 is 11.6 Å². The van der Waals surface area contributed by atoms with Gasteiger partial charge in [0.05, 0.1) is 6.42 Å². The number of carbonyl (C=O) groups excluding carboxylic acids is 4. The highest BCUT2D eigenvalue weighted by Crippen LogP contribution is 2.17. The van der Waals surface area contributed by atoms with Gasteiger partial charge >= 0.3 is 12.0 Å². The normalized spacial score (nSPS) is 16.8. The highest BCUT2D eigenvalue weighted by molar-refractivity contribution is 6.30. The molecule has 1 aromatic rings. The summed E-state index contributed by atoms with van der Waals surface area (Å²) in [6.07, 6.45) is -1.25. The number of benzene rings is 1. The largest absolute Gasteiger partial charge is 0.452 e. The maximum Gasteiger partial charge on any atom is 0.325 e. The molecule has 2 rings (SSSR count). The number of nitrogens with zero attached hydrogens (tertiary/aromatic N) is 1. The maximum atomic E-state index is 12.0. The molecular formula is C17H20ClN3O5. The van der Waals surface area contributed by atoms with Crippen LogP contribution in [0.4, 0.5) is 10.5 Å². The van der Waals surface area contributed by atoms with Crippen molar-refractivity contribution in [2.24, 2.45) is 0 Å². The van der Waals surface area contributed by atoms with Gasteiger partial charge in [0, 0.05) is 17.3 Å². The van der Waals surface area contributed by atoms with Crippen molar-refractivity contribution in [1.82, 2.24) is 10.2 Å². The van der Waals surface area contributed by atoms with Gasteiger partial charge in [-0.25, -0.2) is 4.79 Å². The van der Waals surface area contributed by atoms with E-state index >= 15 is 0 Å². The number of rotatable bonds is 6. The van der Waals surface area contributed by atoms with Crippen LogP contribution in [0, 0.1) is 0 Å². The van der Waals surface area contributed by atoms with Crippen molar-refractivity contribution in [3.8, 4) is 0 Å². The number of ether oxygens (including phenoxy) is 1. The van der Waals surface area contributed by atoms with Gasteiger partial charge in [-0.1, -0.05) is 17.7 Å². The average molecular weight is 382 g/mol. The summed E-state index contributed by atoms with van der Waals surface area (Å²) >= 11 is 5.84. The number of hydrogen-bond donors (Lipinski definition) is 2. The molecular weight excluding hydrogens is 362 g/mol. The zero-order valence-electron chi connectivity index (χ0n) is 14.7. The van der Waals surface area contributed by atoms with E-state index in [4.69, 9.17) is 16.3 Å². The molecule has 0 bridgehead atoms. The van der Waals surface area contributed by atoms with E-state index in [1.807, 2.05) is 0 Å². The number of hydrogen-bond acceptors (Lipinski definition) is 5. The van der Waals surface area contributed by atoms with Gasteiger partial charge in [-0.3, -0.25) is 19.3 Å². The molecule has 1 atom stereocenters. The zero-order valence-corrected chi connectivity index (χ0v) is 15.4. The Bertz CT molecular complexity index is 750. The molecule has 1 aliphatic rings. The predicted octanol–water partition coefficient (Wildman–Crippen LogP) is 1.93.